The fourth-order valence-electron chi connectivity index (χ4n) is 0.267. The van der Waals surface area contributed by atoms with Crippen LogP contribution in [0, 0.1) is 0 Å². The van der Waals surface area contributed by atoms with Crippen LogP contribution in [0.3, 0.4) is 0 Å². The highest BCUT2D eigenvalue weighted by molar-refractivity contribution is 4.62. The van der Waals surface area contributed by atoms with E-state index in [0.717, 1.165) is 0 Å². The minimum Gasteiger partial charge on any atom is -0.386 e. The van der Waals surface area contributed by atoms with E-state index in [1.54, 1.807) is 0 Å². The molecule has 0 fully saturated rings. The molecule has 0 saturated heterocycles. The molecule has 0 aliphatic carbocycles. The molecule has 0 spiro atoms. The van der Waals surface area contributed by atoms with Gasteiger partial charge in [-0.05, 0) is 6.20 Å². The maximum absolute atomic E-state index is 8.66. The summed E-state index contributed by atoms with van der Waals surface area (Å²) in [4.78, 5) is 0. The zero-order chi connectivity index (χ0) is 6.41. The smallest absolute Gasteiger partial charge is 0.171 e. The van der Waals surface area contributed by atoms with Crippen LogP contribution in [0.15, 0.2) is 12.8 Å². The molecule has 2 N–H and O–H groups in total. The fourth-order valence-corrected chi connectivity index (χ4v) is 0.267. The minimum atomic E-state index is -0.729. The van der Waals surface area contributed by atoms with Crippen molar-refractivity contribution < 1.29 is 9.84 Å². The lowest BCUT2D eigenvalue weighted by Gasteiger charge is -2.06. The quantitative estimate of drug-likeness (QED) is 0.496. The number of hydrogen-bond donors (Lipinski definition) is 2. The average molecular weight is 117 g/mol. The number of hydrogen-bond acceptors (Lipinski definition) is 3. The lowest BCUT2D eigenvalue weighted by Crippen LogP contribution is -2.23. The molecule has 8 heavy (non-hydrogen) atoms. The van der Waals surface area contributed by atoms with E-state index in [-0.39, 0.29) is 0 Å². The second-order valence-corrected chi connectivity index (χ2v) is 1.30. The summed E-state index contributed by atoms with van der Waals surface area (Å²) < 4.78 is 4.50. The molecular weight excluding hydrogens is 106 g/mol. The van der Waals surface area contributed by atoms with E-state index in [1.807, 2.05) is 0 Å². The Morgan fingerprint density at radius 2 is 2.62 bits per heavy atom. The zero-order valence-corrected chi connectivity index (χ0v) is 4.92. The van der Waals surface area contributed by atoms with Gasteiger partial charge >= 0.3 is 0 Å². The van der Waals surface area contributed by atoms with Crippen LogP contribution >= 0.6 is 0 Å². The molecule has 48 valence electrons. The van der Waals surface area contributed by atoms with Gasteiger partial charge in [0.1, 0.15) is 0 Å². The van der Waals surface area contributed by atoms with Gasteiger partial charge in [-0.2, -0.15) is 0 Å². The summed E-state index contributed by atoms with van der Waals surface area (Å²) in [5.41, 5.74) is 0. The van der Waals surface area contributed by atoms with Gasteiger partial charge in [-0.25, -0.2) is 0 Å². The summed E-state index contributed by atoms with van der Waals surface area (Å²) in [5, 5.41) is 11.3. The van der Waals surface area contributed by atoms with Crippen LogP contribution in [0.4, 0.5) is 0 Å². The third-order valence-electron chi connectivity index (χ3n) is 0.709. The van der Waals surface area contributed by atoms with E-state index in [4.69, 9.17) is 5.11 Å². The summed E-state index contributed by atoms with van der Waals surface area (Å²) in [6, 6.07) is 0. The lowest BCUT2D eigenvalue weighted by molar-refractivity contribution is -0.0689. The van der Waals surface area contributed by atoms with Crippen LogP contribution in [-0.4, -0.2) is 25.1 Å². The molecule has 3 nitrogen and oxygen atoms in total. The topological polar surface area (TPSA) is 41.5 Å². The van der Waals surface area contributed by atoms with Crippen LogP contribution in [0.5, 0.6) is 0 Å². The highest BCUT2D eigenvalue weighted by Gasteiger charge is 1.94. The predicted octanol–water partition coefficient (Wildman–Crippen LogP) is -0.316. The molecule has 0 aliphatic rings. The molecule has 3 heteroatoms. The van der Waals surface area contributed by atoms with Crippen LogP contribution in [0.25, 0.3) is 0 Å². The van der Waals surface area contributed by atoms with Crippen molar-refractivity contribution >= 4 is 0 Å². The van der Waals surface area contributed by atoms with E-state index in [1.165, 1.54) is 13.3 Å². The Morgan fingerprint density at radius 3 is 3.00 bits per heavy atom. The molecule has 0 aromatic rings. The standard InChI is InChI=1S/C5H11NO2/c1-3-6-4-5(7)8-2/h3,5-7H,1,4H2,2H3. The van der Waals surface area contributed by atoms with Crippen molar-refractivity contribution in [2.45, 2.75) is 6.29 Å². The predicted molar refractivity (Wildman–Crippen MR) is 31.2 cm³/mol. The Bertz CT molecular complexity index is 65.4. The van der Waals surface area contributed by atoms with E-state index >= 15 is 0 Å². The largest absolute Gasteiger partial charge is 0.386 e. The maximum atomic E-state index is 8.66. The second-order valence-electron chi connectivity index (χ2n) is 1.30. The zero-order valence-electron chi connectivity index (χ0n) is 4.92. The number of ether oxygens (including phenoxy) is 1. The van der Waals surface area contributed by atoms with Crippen molar-refractivity contribution in [3.05, 3.63) is 12.8 Å². The molecule has 0 radical (unpaired) electrons. The minimum absolute atomic E-state index is 0.389. The monoisotopic (exact) mass is 117 g/mol. The van der Waals surface area contributed by atoms with Crippen molar-refractivity contribution in [3.63, 3.8) is 0 Å². The highest BCUT2D eigenvalue weighted by atomic mass is 16.6. The van der Waals surface area contributed by atoms with Gasteiger partial charge in [0.2, 0.25) is 0 Å². The van der Waals surface area contributed by atoms with Crippen LogP contribution < -0.4 is 5.32 Å². The number of rotatable bonds is 4. The molecule has 0 aromatic carbocycles. The third kappa shape index (κ3) is 3.64. The van der Waals surface area contributed by atoms with Crippen LogP contribution in [0.2, 0.25) is 0 Å². The average Bonchev–Trinajstić information content (AvgIpc) is 1.83. The van der Waals surface area contributed by atoms with E-state index < -0.39 is 6.29 Å². The van der Waals surface area contributed by atoms with Crippen molar-refractivity contribution in [1.82, 2.24) is 5.32 Å². The molecule has 0 amide bonds. The first-order valence-electron chi connectivity index (χ1n) is 2.36. The normalized spacial score (nSPS) is 12.8. The first-order chi connectivity index (χ1) is 3.81. The third-order valence-corrected chi connectivity index (χ3v) is 0.709. The van der Waals surface area contributed by atoms with Gasteiger partial charge in [0, 0.05) is 7.11 Å². The molecule has 0 aliphatic heterocycles. The Hall–Kier alpha value is -0.540. The van der Waals surface area contributed by atoms with Crippen molar-refractivity contribution in [2.24, 2.45) is 0 Å². The van der Waals surface area contributed by atoms with E-state index in [0.29, 0.717) is 6.54 Å². The Balaban J connectivity index is 2.97. The maximum Gasteiger partial charge on any atom is 0.171 e. The van der Waals surface area contributed by atoms with Gasteiger partial charge < -0.3 is 15.2 Å². The Labute approximate surface area is 49.0 Å². The second kappa shape index (κ2) is 4.61. The number of nitrogens with one attached hydrogen (secondary N) is 1. The summed E-state index contributed by atoms with van der Waals surface area (Å²) >= 11 is 0. The summed E-state index contributed by atoms with van der Waals surface area (Å²) in [5.74, 6) is 0. The Kier molecular flexibility index (Phi) is 4.30. The van der Waals surface area contributed by atoms with Gasteiger partial charge in [0.25, 0.3) is 0 Å². The van der Waals surface area contributed by atoms with Gasteiger partial charge in [0.05, 0.1) is 6.54 Å². The molecule has 0 bridgehead atoms. The first-order valence-corrected chi connectivity index (χ1v) is 2.36. The molecule has 1 atom stereocenters. The summed E-state index contributed by atoms with van der Waals surface area (Å²) in [6.45, 7) is 3.78. The summed E-state index contributed by atoms with van der Waals surface area (Å²) in [7, 11) is 1.44. The van der Waals surface area contributed by atoms with Crippen molar-refractivity contribution in [2.75, 3.05) is 13.7 Å². The van der Waals surface area contributed by atoms with Crippen molar-refractivity contribution in [1.29, 1.82) is 0 Å². The van der Waals surface area contributed by atoms with Crippen LogP contribution in [-0.2, 0) is 4.74 Å². The molecule has 0 heterocycles. The lowest BCUT2D eigenvalue weighted by atomic mass is 10.6. The van der Waals surface area contributed by atoms with Gasteiger partial charge in [0.15, 0.2) is 6.29 Å². The number of aliphatic hydroxyl groups excluding tert-OH is 1. The van der Waals surface area contributed by atoms with E-state index in [2.05, 4.69) is 16.6 Å². The Morgan fingerprint density at radius 1 is 2.00 bits per heavy atom. The number of aliphatic hydroxyl groups is 1. The fraction of sp³-hybridized carbons (Fsp3) is 0.600. The molecule has 0 aromatic heterocycles. The van der Waals surface area contributed by atoms with Crippen molar-refractivity contribution in [3.8, 4) is 0 Å². The van der Waals surface area contributed by atoms with Gasteiger partial charge in [-0.3, -0.25) is 0 Å². The van der Waals surface area contributed by atoms with Gasteiger partial charge in [-0.15, -0.1) is 0 Å². The summed E-state index contributed by atoms with van der Waals surface area (Å²) in [6.07, 6.45) is 0.774. The molecular formula is C5H11NO2. The SMILES string of the molecule is C=CNCC(O)OC. The van der Waals surface area contributed by atoms with Gasteiger partial charge in [-0.1, -0.05) is 6.58 Å². The van der Waals surface area contributed by atoms with Crippen LogP contribution in [0.1, 0.15) is 0 Å². The molecule has 0 rings (SSSR count). The highest BCUT2D eigenvalue weighted by Crippen LogP contribution is 1.77. The first kappa shape index (κ1) is 7.46. The molecule has 0 saturated carbocycles. The van der Waals surface area contributed by atoms with E-state index in [9.17, 15) is 0 Å². The molecule has 1 unspecified atom stereocenters. The number of methoxy groups -OCH3 is 1.